The van der Waals surface area contributed by atoms with Crippen LogP contribution in [0.2, 0.25) is 0 Å². The average molecular weight is 477 g/mol. The molecule has 3 aromatic rings. The normalized spacial score (nSPS) is 19.3. The third-order valence-electron chi connectivity index (χ3n) is 6.50. The quantitative estimate of drug-likeness (QED) is 0.603. The van der Waals surface area contributed by atoms with Crippen molar-refractivity contribution >= 4 is 27.3 Å². The van der Waals surface area contributed by atoms with E-state index < -0.39 is 16.2 Å². The highest BCUT2D eigenvalue weighted by atomic mass is 32.2. The number of aryl methyl sites for hydroxylation is 2. The van der Waals surface area contributed by atoms with Gasteiger partial charge in [-0.05, 0) is 55.3 Å². The van der Waals surface area contributed by atoms with Crippen molar-refractivity contribution < 1.29 is 13.2 Å². The van der Waals surface area contributed by atoms with Gasteiger partial charge in [0.15, 0.2) is 0 Å². The standard InChI is InChI=1S/C26H28N4O3S/c1-18-7-12-23(19(2)17-18)29-13-15-30(16-14-29)26(31)21-10-8-20(9-11-21)25-27-22-5-3-4-6-24(22)34(32,33)28-25/h3-12,17,25,27-28H,13-16H2,1-2H3. The molecule has 3 aromatic carbocycles. The maximum atomic E-state index is 13.1. The number of para-hydroxylation sites is 1. The Labute approximate surface area is 200 Å². The van der Waals surface area contributed by atoms with Gasteiger partial charge in [0.25, 0.3) is 5.91 Å². The Hall–Kier alpha value is -3.36. The first-order chi connectivity index (χ1) is 16.3. The van der Waals surface area contributed by atoms with Crippen molar-refractivity contribution in [3.63, 3.8) is 0 Å². The number of fused-ring (bicyclic) bond motifs is 1. The number of carbonyl (C=O) groups excluding carboxylic acids is 1. The summed E-state index contributed by atoms with van der Waals surface area (Å²) in [4.78, 5) is 17.5. The van der Waals surface area contributed by atoms with Crippen molar-refractivity contribution in [3.8, 4) is 0 Å². The van der Waals surface area contributed by atoms with Crippen molar-refractivity contribution in [2.45, 2.75) is 24.9 Å². The van der Waals surface area contributed by atoms with Gasteiger partial charge in [0.1, 0.15) is 11.1 Å². The molecule has 1 unspecified atom stereocenters. The number of piperazine rings is 1. The highest BCUT2D eigenvalue weighted by molar-refractivity contribution is 7.89. The molecule has 2 N–H and O–H groups in total. The molecule has 1 fully saturated rings. The predicted octanol–water partition coefficient (Wildman–Crippen LogP) is 3.67. The number of sulfonamides is 1. The van der Waals surface area contributed by atoms with Crippen LogP contribution in [-0.2, 0) is 10.0 Å². The number of hydrogen-bond acceptors (Lipinski definition) is 5. The smallest absolute Gasteiger partial charge is 0.253 e. The third kappa shape index (κ3) is 4.26. The van der Waals surface area contributed by atoms with Crippen LogP contribution in [0.4, 0.5) is 11.4 Å². The van der Waals surface area contributed by atoms with E-state index in [1.165, 1.54) is 16.8 Å². The number of nitrogens with one attached hydrogen (secondary N) is 2. The van der Waals surface area contributed by atoms with Gasteiger partial charge in [0.2, 0.25) is 10.0 Å². The van der Waals surface area contributed by atoms with Crippen LogP contribution < -0.4 is 14.9 Å². The SMILES string of the molecule is Cc1ccc(N2CCN(C(=O)c3ccc(C4Nc5ccccc5S(=O)(=O)N4)cc3)CC2)c(C)c1. The van der Waals surface area contributed by atoms with E-state index >= 15 is 0 Å². The van der Waals surface area contributed by atoms with Crippen LogP contribution in [-0.4, -0.2) is 45.4 Å². The summed E-state index contributed by atoms with van der Waals surface area (Å²) in [5.74, 6) is -0.00522. The van der Waals surface area contributed by atoms with Crippen LogP contribution in [0.15, 0.2) is 71.6 Å². The lowest BCUT2D eigenvalue weighted by atomic mass is 10.1. The summed E-state index contributed by atoms with van der Waals surface area (Å²) in [5, 5.41) is 3.22. The van der Waals surface area contributed by atoms with Gasteiger partial charge in [-0.2, -0.15) is 4.72 Å². The minimum absolute atomic E-state index is 0.00522. The van der Waals surface area contributed by atoms with Crippen molar-refractivity contribution in [2.24, 2.45) is 0 Å². The first-order valence-corrected chi connectivity index (χ1v) is 12.9. The van der Waals surface area contributed by atoms with E-state index in [1.807, 2.05) is 4.90 Å². The lowest BCUT2D eigenvalue weighted by molar-refractivity contribution is 0.0746. The highest BCUT2D eigenvalue weighted by Gasteiger charge is 2.30. The van der Waals surface area contributed by atoms with Crippen LogP contribution in [0.5, 0.6) is 0 Å². The Morgan fingerprint density at radius 3 is 2.32 bits per heavy atom. The van der Waals surface area contributed by atoms with Crippen LogP contribution >= 0.6 is 0 Å². The second kappa shape index (κ2) is 8.77. The third-order valence-corrected chi connectivity index (χ3v) is 7.98. The van der Waals surface area contributed by atoms with E-state index in [9.17, 15) is 13.2 Å². The van der Waals surface area contributed by atoms with E-state index in [-0.39, 0.29) is 10.8 Å². The second-order valence-corrected chi connectivity index (χ2v) is 10.6. The van der Waals surface area contributed by atoms with E-state index in [1.54, 1.807) is 48.5 Å². The molecule has 8 heteroatoms. The first-order valence-electron chi connectivity index (χ1n) is 11.4. The fourth-order valence-electron chi connectivity index (χ4n) is 4.69. The molecule has 2 aliphatic heterocycles. The molecule has 2 aliphatic rings. The maximum absolute atomic E-state index is 13.1. The molecule has 1 saturated heterocycles. The number of hydrogen-bond donors (Lipinski definition) is 2. The predicted molar refractivity (Wildman–Crippen MR) is 134 cm³/mol. The number of nitrogens with zero attached hydrogens (tertiary/aromatic N) is 2. The monoisotopic (exact) mass is 476 g/mol. The maximum Gasteiger partial charge on any atom is 0.253 e. The molecule has 7 nitrogen and oxygen atoms in total. The number of anilines is 2. The summed E-state index contributed by atoms with van der Waals surface area (Å²) in [6.45, 7) is 7.13. The number of rotatable bonds is 3. The number of benzene rings is 3. The number of carbonyl (C=O) groups is 1. The van der Waals surface area contributed by atoms with Gasteiger partial charge in [0, 0.05) is 37.4 Å². The lowest BCUT2D eigenvalue weighted by Gasteiger charge is -2.37. The molecular weight excluding hydrogens is 448 g/mol. The Kier molecular flexibility index (Phi) is 5.79. The highest BCUT2D eigenvalue weighted by Crippen LogP contribution is 2.31. The van der Waals surface area contributed by atoms with Gasteiger partial charge in [-0.3, -0.25) is 4.79 Å². The zero-order valence-corrected chi connectivity index (χ0v) is 20.1. The lowest BCUT2D eigenvalue weighted by Crippen LogP contribution is -2.49. The van der Waals surface area contributed by atoms with Crippen LogP contribution in [0.25, 0.3) is 0 Å². The zero-order valence-electron chi connectivity index (χ0n) is 19.3. The molecule has 0 aromatic heterocycles. The molecule has 0 aliphatic carbocycles. The van der Waals surface area contributed by atoms with Crippen LogP contribution in [0.3, 0.4) is 0 Å². The topological polar surface area (TPSA) is 81.8 Å². The van der Waals surface area contributed by atoms with Crippen molar-refractivity contribution in [2.75, 3.05) is 36.4 Å². The average Bonchev–Trinajstić information content (AvgIpc) is 2.83. The molecule has 1 amide bonds. The fourth-order valence-corrected chi connectivity index (χ4v) is 5.99. The molecule has 5 rings (SSSR count). The van der Waals surface area contributed by atoms with Crippen LogP contribution in [0, 0.1) is 13.8 Å². The van der Waals surface area contributed by atoms with Crippen molar-refractivity contribution in [1.82, 2.24) is 9.62 Å². The van der Waals surface area contributed by atoms with E-state index in [0.29, 0.717) is 24.3 Å². The van der Waals surface area contributed by atoms with Crippen LogP contribution in [0.1, 0.15) is 33.2 Å². The van der Waals surface area contributed by atoms with Crippen molar-refractivity contribution in [3.05, 3.63) is 89.0 Å². The van der Waals surface area contributed by atoms with Gasteiger partial charge >= 0.3 is 0 Å². The van der Waals surface area contributed by atoms with Crippen molar-refractivity contribution in [1.29, 1.82) is 0 Å². The summed E-state index contributed by atoms with van der Waals surface area (Å²) in [6.07, 6.45) is -0.592. The minimum atomic E-state index is -3.61. The summed E-state index contributed by atoms with van der Waals surface area (Å²) in [7, 11) is -3.61. The van der Waals surface area contributed by atoms with Gasteiger partial charge in [-0.15, -0.1) is 0 Å². The molecule has 0 radical (unpaired) electrons. The van der Waals surface area contributed by atoms with E-state index in [2.05, 4.69) is 47.0 Å². The fraction of sp³-hybridized carbons (Fsp3) is 0.269. The largest absolute Gasteiger partial charge is 0.368 e. The Balaban J connectivity index is 1.25. The zero-order chi connectivity index (χ0) is 23.9. The molecule has 34 heavy (non-hydrogen) atoms. The molecule has 2 heterocycles. The molecule has 1 atom stereocenters. The Morgan fingerprint density at radius 2 is 1.62 bits per heavy atom. The summed E-state index contributed by atoms with van der Waals surface area (Å²) in [6, 6.07) is 20.4. The van der Waals surface area contributed by atoms with Gasteiger partial charge in [0.05, 0.1) is 5.69 Å². The molecule has 0 bridgehead atoms. The van der Waals surface area contributed by atoms with Gasteiger partial charge in [-0.25, -0.2) is 8.42 Å². The minimum Gasteiger partial charge on any atom is -0.368 e. The molecular formula is C26H28N4O3S. The van der Waals surface area contributed by atoms with Gasteiger partial charge < -0.3 is 15.1 Å². The van der Waals surface area contributed by atoms with E-state index in [0.717, 1.165) is 18.7 Å². The second-order valence-electron chi connectivity index (χ2n) is 8.89. The number of amides is 1. The summed E-state index contributed by atoms with van der Waals surface area (Å²) >= 11 is 0. The first kappa shape index (κ1) is 22.4. The molecule has 0 saturated carbocycles. The summed E-state index contributed by atoms with van der Waals surface area (Å²) < 4.78 is 27.8. The Morgan fingerprint density at radius 1 is 0.912 bits per heavy atom. The summed E-state index contributed by atoms with van der Waals surface area (Å²) in [5.41, 5.74) is 5.64. The van der Waals surface area contributed by atoms with Gasteiger partial charge in [-0.1, -0.05) is 42.0 Å². The molecule has 0 spiro atoms. The van der Waals surface area contributed by atoms with E-state index in [4.69, 9.17) is 0 Å². The molecule has 176 valence electrons. The Bertz CT molecular complexity index is 1330.